The number of esters is 1. The van der Waals surface area contributed by atoms with E-state index in [2.05, 4.69) is 4.18 Å². The predicted molar refractivity (Wildman–Crippen MR) is 111 cm³/mol. The van der Waals surface area contributed by atoms with Crippen LogP contribution in [0.25, 0.3) is 11.1 Å². The molecular weight excluding hydrogens is 490 g/mol. The Morgan fingerprint density at radius 1 is 0.971 bits per heavy atom. The van der Waals surface area contributed by atoms with Gasteiger partial charge in [0.2, 0.25) is 0 Å². The van der Waals surface area contributed by atoms with Crippen molar-refractivity contribution in [3.63, 3.8) is 0 Å². The zero-order chi connectivity index (χ0) is 25.9. The first-order valence-electron chi connectivity index (χ1n) is 10.0. The Hall–Kier alpha value is -2.76. The van der Waals surface area contributed by atoms with Crippen LogP contribution in [-0.4, -0.2) is 26.5 Å². The molecule has 2 aromatic rings. The SMILES string of the molecule is CCOC(=O)C(CC(C)C)c1cc(OS(=O)(=O)C(F)(F)F)cc(-c2cccc(C(F)(F)F)c2)c1. The van der Waals surface area contributed by atoms with Crippen LogP contribution >= 0.6 is 0 Å². The normalized spacial score (nSPS) is 13.6. The molecule has 0 aliphatic rings. The number of carbonyl (C=O) groups is 1. The first-order chi connectivity index (χ1) is 15.5. The number of hydrogen-bond acceptors (Lipinski definition) is 5. The van der Waals surface area contributed by atoms with Crippen molar-refractivity contribution in [2.75, 3.05) is 6.61 Å². The van der Waals surface area contributed by atoms with Gasteiger partial charge in [-0.1, -0.05) is 32.0 Å². The van der Waals surface area contributed by atoms with E-state index >= 15 is 0 Å². The van der Waals surface area contributed by atoms with Crippen molar-refractivity contribution >= 4 is 16.1 Å². The van der Waals surface area contributed by atoms with Gasteiger partial charge in [-0.15, -0.1) is 0 Å². The lowest BCUT2D eigenvalue weighted by atomic mass is 9.88. The van der Waals surface area contributed by atoms with E-state index in [0.717, 1.165) is 30.3 Å². The first-order valence-corrected chi connectivity index (χ1v) is 11.5. The zero-order valence-corrected chi connectivity index (χ0v) is 19.1. The lowest BCUT2D eigenvalue weighted by Gasteiger charge is -2.20. The van der Waals surface area contributed by atoms with Crippen LogP contribution in [0.15, 0.2) is 42.5 Å². The molecule has 0 aliphatic carbocycles. The van der Waals surface area contributed by atoms with Crippen LogP contribution in [0.2, 0.25) is 0 Å². The third-order valence-corrected chi connectivity index (χ3v) is 5.60. The van der Waals surface area contributed by atoms with Crippen LogP contribution in [0.4, 0.5) is 26.3 Å². The van der Waals surface area contributed by atoms with Crippen LogP contribution in [0.3, 0.4) is 0 Å². The third-order valence-electron chi connectivity index (χ3n) is 4.62. The van der Waals surface area contributed by atoms with Crippen molar-refractivity contribution in [1.29, 1.82) is 0 Å². The first kappa shape index (κ1) is 27.5. The molecule has 0 saturated carbocycles. The van der Waals surface area contributed by atoms with Crippen LogP contribution in [0.1, 0.15) is 44.2 Å². The molecule has 2 aromatic carbocycles. The van der Waals surface area contributed by atoms with Gasteiger partial charge in [0.15, 0.2) is 0 Å². The van der Waals surface area contributed by atoms with Crippen LogP contribution < -0.4 is 4.18 Å². The molecule has 0 spiro atoms. The Bertz CT molecular complexity index is 1120. The number of alkyl halides is 6. The molecule has 0 fully saturated rings. The van der Waals surface area contributed by atoms with Crippen molar-refractivity contribution in [3.05, 3.63) is 53.6 Å². The molecule has 2 rings (SSSR count). The molecule has 5 nitrogen and oxygen atoms in total. The van der Waals surface area contributed by atoms with Gasteiger partial charge in [0.1, 0.15) is 5.75 Å². The Morgan fingerprint density at radius 3 is 2.15 bits per heavy atom. The fraction of sp³-hybridized carbons (Fsp3) is 0.409. The summed E-state index contributed by atoms with van der Waals surface area (Å²) in [6.45, 7) is 5.10. The standard InChI is InChI=1S/C22H22F6O5S/c1-4-32-20(29)19(8-13(2)3)16-9-15(14-6-5-7-17(10-14)21(23,24)25)11-18(12-16)33-34(30,31)22(26,27)28/h5-7,9-13,19H,4,8H2,1-3H3. The molecule has 0 amide bonds. The molecule has 0 saturated heterocycles. The summed E-state index contributed by atoms with van der Waals surface area (Å²) < 4.78 is 111. The summed E-state index contributed by atoms with van der Waals surface area (Å²) in [4.78, 5) is 12.6. The molecule has 34 heavy (non-hydrogen) atoms. The fourth-order valence-electron chi connectivity index (χ4n) is 3.17. The summed E-state index contributed by atoms with van der Waals surface area (Å²) in [5, 5.41) is 0. The molecule has 0 bridgehead atoms. The zero-order valence-electron chi connectivity index (χ0n) is 18.3. The van der Waals surface area contributed by atoms with Crippen LogP contribution in [0, 0.1) is 5.92 Å². The highest BCUT2D eigenvalue weighted by molar-refractivity contribution is 7.88. The summed E-state index contributed by atoms with van der Waals surface area (Å²) in [6.07, 6.45) is -4.52. The van der Waals surface area contributed by atoms with E-state index in [9.17, 15) is 39.6 Å². The second-order valence-electron chi connectivity index (χ2n) is 7.79. The highest BCUT2D eigenvalue weighted by Gasteiger charge is 2.48. The molecule has 0 N–H and O–H groups in total. The second kappa shape index (κ2) is 10.2. The van der Waals surface area contributed by atoms with E-state index in [4.69, 9.17) is 4.74 Å². The molecule has 0 heterocycles. The smallest absolute Gasteiger partial charge is 0.466 e. The highest BCUT2D eigenvalue weighted by Crippen LogP contribution is 2.37. The minimum Gasteiger partial charge on any atom is -0.466 e. The summed E-state index contributed by atoms with van der Waals surface area (Å²) in [6, 6.07) is 7.01. The molecule has 1 atom stereocenters. The molecule has 0 radical (unpaired) electrons. The van der Waals surface area contributed by atoms with Gasteiger partial charge in [0.25, 0.3) is 0 Å². The second-order valence-corrected chi connectivity index (χ2v) is 9.32. The van der Waals surface area contributed by atoms with E-state index < -0.39 is 45.0 Å². The largest absolute Gasteiger partial charge is 0.534 e. The topological polar surface area (TPSA) is 69.7 Å². The molecule has 188 valence electrons. The summed E-state index contributed by atoms with van der Waals surface area (Å²) >= 11 is 0. The number of carbonyl (C=O) groups excluding carboxylic acids is 1. The molecule has 0 aliphatic heterocycles. The average molecular weight is 512 g/mol. The summed E-state index contributed by atoms with van der Waals surface area (Å²) in [5.41, 5.74) is -6.87. The third kappa shape index (κ3) is 6.87. The van der Waals surface area contributed by atoms with E-state index in [1.807, 2.05) is 0 Å². The van der Waals surface area contributed by atoms with Crippen molar-refractivity contribution in [1.82, 2.24) is 0 Å². The Balaban J connectivity index is 2.72. The van der Waals surface area contributed by atoms with Gasteiger partial charge in [-0.05, 0) is 60.2 Å². The van der Waals surface area contributed by atoms with E-state index in [-0.39, 0.29) is 35.6 Å². The lowest BCUT2D eigenvalue weighted by Crippen LogP contribution is -2.28. The Kier molecular flexibility index (Phi) is 8.28. The maximum absolute atomic E-state index is 13.2. The minimum atomic E-state index is -6.07. The monoisotopic (exact) mass is 512 g/mol. The number of hydrogen-bond donors (Lipinski definition) is 0. The molecule has 12 heteroatoms. The fourth-order valence-corrected chi connectivity index (χ4v) is 3.61. The Labute approximate surface area is 192 Å². The van der Waals surface area contributed by atoms with Crippen molar-refractivity contribution in [2.24, 2.45) is 5.92 Å². The van der Waals surface area contributed by atoms with Gasteiger partial charge < -0.3 is 8.92 Å². The van der Waals surface area contributed by atoms with E-state index in [1.165, 1.54) is 12.1 Å². The van der Waals surface area contributed by atoms with Crippen molar-refractivity contribution in [3.8, 4) is 16.9 Å². The maximum atomic E-state index is 13.2. The minimum absolute atomic E-state index is 0.00651. The van der Waals surface area contributed by atoms with E-state index in [1.54, 1.807) is 20.8 Å². The van der Waals surface area contributed by atoms with Gasteiger partial charge >= 0.3 is 27.8 Å². The highest BCUT2D eigenvalue weighted by atomic mass is 32.2. The molecule has 1 unspecified atom stereocenters. The van der Waals surface area contributed by atoms with Gasteiger partial charge in [0.05, 0.1) is 18.1 Å². The Morgan fingerprint density at radius 2 is 1.62 bits per heavy atom. The summed E-state index contributed by atoms with van der Waals surface area (Å²) in [5.74, 6) is -2.64. The average Bonchev–Trinajstić information content (AvgIpc) is 2.70. The van der Waals surface area contributed by atoms with Crippen LogP contribution in [-0.2, 0) is 25.8 Å². The molecule has 0 aromatic heterocycles. The molecular formula is C22H22F6O5S. The summed E-state index contributed by atoms with van der Waals surface area (Å²) in [7, 11) is -6.07. The van der Waals surface area contributed by atoms with Crippen molar-refractivity contribution < 1.29 is 48.5 Å². The van der Waals surface area contributed by atoms with Gasteiger partial charge in [0, 0.05) is 0 Å². The van der Waals surface area contributed by atoms with E-state index in [0.29, 0.717) is 0 Å². The quantitative estimate of drug-likeness (QED) is 0.180. The van der Waals surface area contributed by atoms with Crippen LogP contribution in [0.5, 0.6) is 5.75 Å². The maximum Gasteiger partial charge on any atom is 0.534 e. The van der Waals surface area contributed by atoms with Crippen molar-refractivity contribution in [2.45, 2.75) is 44.8 Å². The number of benzene rings is 2. The predicted octanol–water partition coefficient (Wildman–Crippen LogP) is 6.29. The number of rotatable bonds is 8. The van der Waals surface area contributed by atoms with Gasteiger partial charge in [-0.25, -0.2) is 0 Å². The lowest BCUT2D eigenvalue weighted by molar-refractivity contribution is -0.145. The van der Waals surface area contributed by atoms with Gasteiger partial charge in [-0.3, -0.25) is 4.79 Å². The number of ether oxygens (including phenoxy) is 1. The van der Waals surface area contributed by atoms with Gasteiger partial charge in [-0.2, -0.15) is 34.8 Å². The number of halogens is 6.